The summed E-state index contributed by atoms with van der Waals surface area (Å²) in [6.45, 7) is 0. The molecule has 126 valence electrons. The van der Waals surface area contributed by atoms with Gasteiger partial charge in [0.2, 0.25) is 0 Å². The maximum absolute atomic E-state index is 13.0. The molecule has 0 bridgehead atoms. The number of carbonyl (C=O) groups is 1. The Kier molecular flexibility index (Phi) is 6.77. The third kappa shape index (κ3) is 4.38. The van der Waals surface area contributed by atoms with E-state index < -0.39 is 55.3 Å². The van der Waals surface area contributed by atoms with Crippen molar-refractivity contribution in [1.82, 2.24) is 0 Å². The second kappa shape index (κ2) is 7.18. The fraction of sp³-hybridized carbons (Fsp3) is 0.889. The van der Waals surface area contributed by atoms with Gasteiger partial charge in [0.15, 0.2) is 37.0 Å². The zero-order valence-corrected chi connectivity index (χ0v) is 9.75. The highest BCUT2D eigenvalue weighted by atomic mass is 19.3. The van der Waals surface area contributed by atoms with E-state index in [2.05, 4.69) is 0 Å². The predicted molar refractivity (Wildman–Crippen MR) is 49.1 cm³/mol. The molecule has 0 aliphatic carbocycles. The van der Waals surface area contributed by atoms with Gasteiger partial charge in [-0.05, 0) is 0 Å². The van der Waals surface area contributed by atoms with Gasteiger partial charge < -0.3 is 10.2 Å². The molecule has 0 saturated heterocycles. The monoisotopic (exact) mass is 336 g/mol. The number of hydrogen-bond donors (Lipinski definition) is 2. The molecule has 0 spiro atoms. The van der Waals surface area contributed by atoms with Gasteiger partial charge >= 0.3 is 11.9 Å². The van der Waals surface area contributed by atoms with E-state index in [1.165, 1.54) is 0 Å². The number of carboxylic acids is 1. The second-order valence-corrected chi connectivity index (χ2v) is 3.93. The highest BCUT2D eigenvalue weighted by Gasteiger charge is 2.55. The van der Waals surface area contributed by atoms with Crippen LogP contribution in [0.5, 0.6) is 0 Å². The van der Waals surface area contributed by atoms with Crippen LogP contribution in [0.4, 0.5) is 39.5 Å². The SMILES string of the molecule is O=C(O)C(F)(F)C(O)C(F)C(F)C(F)C(F)C(F)C(F)F. The minimum atomic E-state index is -5.26. The van der Waals surface area contributed by atoms with Crippen LogP contribution >= 0.6 is 0 Å². The summed E-state index contributed by atoms with van der Waals surface area (Å²) in [7, 11) is 0. The highest BCUT2D eigenvalue weighted by molar-refractivity contribution is 5.76. The fourth-order valence-electron chi connectivity index (χ4n) is 1.17. The Bertz CT molecular complexity index is 353. The van der Waals surface area contributed by atoms with E-state index in [1.54, 1.807) is 0 Å². The van der Waals surface area contributed by atoms with E-state index in [0.29, 0.717) is 0 Å². The highest BCUT2D eigenvalue weighted by Crippen LogP contribution is 2.30. The van der Waals surface area contributed by atoms with Gasteiger partial charge in [0.1, 0.15) is 0 Å². The van der Waals surface area contributed by atoms with E-state index in [-0.39, 0.29) is 0 Å². The average molecular weight is 336 g/mol. The van der Waals surface area contributed by atoms with Gasteiger partial charge in [-0.15, -0.1) is 0 Å². The second-order valence-electron chi connectivity index (χ2n) is 3.93. The van der Waals surface area contributed by atoms with Crippen LogP contribution in [-0.4, -0.2) is 65.5 Å². The lowest BCUT2D eigenvalue weighted by Gasteiger charge is -2.27. The number of hydrogen-bond acceptors (Lipinski definition) is 2. The molecule has 0 rings (SSSR count). The number of carboxylic acid groups (broad SMARTS) is 1. The van der Waals surface area contributed by atoms with Crippen LogP contribution in [0, 0.1) is 0 Å². The Morgan fingerprint density at radius 3 is 1.43 bits per heavy atom. The van der Waals surface area contributed by atoms with Gasteiger partial charge in [0.05, 0.1) is 0 Å². The first-order valence-corrected chi connectivity index (χ1v) is 5.13. The quantitative estimate of drug-likeness (QED) is 0.667. The van der Waals surface area contributed by atoms with Crippen molar-refractivity contribution >= 4 is 5.97 Å². The number of alkyl halides is 9. The number of aliphatic hydroxyl groups is 1. The van der Waals surface area contributed by atoms with Crippen molar-refractivity contribution < 1.29 is 54.5 Å². The van der Waals surface area contributed by atoms with Gasteiger partial charge in [0, 0.05) is 0 Å². The van der Waals surface area contributed by atoms with Crippen molar-refractivity contribution in [2.75, 3.05) is 0 Å². The molecule has 21 heavy (non-hydrogen) atoms. The van der Waals surface area contributed by atoms with Gasteiger partial charge in [-0.2, -0.15) is 8.78 Å². The van der Waals surface area contributed by atoms with Crippen molar-refractivity contribution in [1.29, 1.82) is 0 Å². The van der Waals surface area contributed by atoms with Gasteiger partial charge in [-0.1, -0.05) is 0 Å². The molecular formula is C9H9F9O3. The minimum Gasteiger partial charge on any atom is -0.477 e. The molecular weight excluding hydrogens is 327 g/mol. The van der Waals surface area contributed by atoms with Crippen LogP contribution < -0.4 is 0 Å². The zero-order chi connectivity index (χ0) is 17.1. The number of aliphatic carboxylic acids is 1. The Hall–Kier alpha value is -1.20. The molecule has 0 radical (unpaired) electrons. The van der Waals surface area contributed by atoms with Crippen LogP contribution in [0.15, 0.2) is 0 Å². The lowest BCUT2D eigenvalue weighted by molar-refractivity contribution is -0.194. The standard InChI is InChI=1S/C9H9F9O3/c10-1(3(12)5(14)7(15)16)2(11)4(13)6(19)9(17,18)8(20)21/h1-7,19H,(H,20,21). The third-order valence-electron chi connectivity index (χ3n) is 2.42. The Morgan fingerprint density at radius 2 is 1.10 bits per heavy atom. The van der Waals surface area contributed by atoms with Crippen LogP contribution in [0.3, 0.4) is 0 Å². The topological polar surface area (TPSA) is 57.5 Å². The predicted octanol–water partition coefficient (Wildman–Crippen LogP) is 2.02. The normalized spacial score (nSPS) is 21.5. The van der Waals surface area contributed by atoms with Gasteiger partial charge in [-0.3, -0.25) is 0 Å². The molecule has 0 aliphatic rings. The Balaban J connectivity index is 4.99. The average Bonchev–Trinajstić information content (AvgIpc) is 2.41. The fourth-order valence-corrected chi connectivity index (χ4v) is 1.17. The largest absolute Gasteiger partial charge is 0.477 e. The van der Waals surface area contributed by atoms with Crippen molar-refractivity contribution in [3.63, 3.8) is 0 Å². The van der Waals surface area contributed by atoms with E-state index in [1.807, 2.05) is 0 Å². The molecule has 0 saturated carbocycles. The first kappa shape index (κ1) is 19.8. The van der Waals surface area contributed by atoms with Crippen LogP contribution in [0.25, 0.3) is 0 Å². The smallest absolute Gasteiger partial charge is 0.377 e. The summed E-state index contributed by atoms with van der Waals surface area (Å²) < 4.78 is 113. The van der Waals surface area contributed by atoms with E-state index in [9.17, 15) is 44.3 Å². The molecule has 0 amide bonds. The summed E-state index contributed by atoms with van der Waals surface area (Å²) in [6.07, 6.45) is -27.7. The molecule has 3 nitrogen and oxygen atoms in total. The molecule has 0 heterocycles. The molecule has 0 aromatic heterocycles. The Labute approximate surface area is 111 Å². The maximum Gasteiger partial charge on any atom is 0.377 e. The van der Waals surface area contributed by atoms with Crippen LogP contribution in [0.1, 0.15) is 0 Å². The number of rotatable bonds is 8. The number of halogens is 9. The summed E-state index contributed by atoms with van der Waals surface area (Å²) in [5, 5.41) is 16.5. The molecule has 0 fully saturated rings. The van der Waals surface area contributed by atoms with E-state index in [0.717, 1.165) is 0 Å². The first-order valence-electron chi connectivity index (χ1n) is 5.13. The third-order valence-corrected chi connectivity index (χ3v) is 2.42. The van der Waals surface area contributed by atoms with Crippen molar-refractivity contribution in [2.45, 2.75) is 49.3 Å². The molecule has 2 N–H and O–H groups in total. The van der Waals surface area contributed by atoms with Gasteiger partial charge in [0.25, 0.3) is 6.43 Å². The maximum atomic E-state index is 13.0. The van der Waals surface area contributed by atoms with Crippen molar-refractivity contribution in [3.8, 4) is 0 Å². The van der Waals surface area contributed by atoms with Crippen LogP contribution in [0.2, 0.25) is 0 Å². The molecule has 0 aromatic carbocycles. The summed E-state index contributed by atoms with van der Waals surface area (Å²) in [5.74, 6) is -8.35. The zero-order valence-electron chi connectivity index (χ0n) is 9.75. The van der Waals surface area contributed by atoms with Crippen molar-refractivity contribution in [3.05, 3.63) is 0 Å². The molecule has 0 aromatic rings. The van der Waals surface area contributed by atoms with E-state index >= 15 is 0 Å². The van der Waals surface area contributed by atoms with Crippen molar-refractivity contribution in [2.24, 2.45) is 0 Å². The molecule has 12 heteroatoms. The summed E-state index contributed by atoms with van der Waals surface area (Å²) >= 11 is 0. The first-order chi connectivity index (χ1) is 9.35. The summed E-state index contributed by atoms with van der Waals surface area (Å²) in [4.78, 5) is 9.96. The summed E-state index contributed by atoms with van der Waals surface area (Å²) in [5.41, 5.74) is 0. The lowest BCUT2D eigenvalue weighted by Crippen LogP contribution is -2.53. The minimum absolute atomic E-state index is 3.09. The molecule has 0 aliphatic heterocycles. The lowest BCUT2D eigenvalue weighted by atomic mass is 9.98. The Morgan fingerprint density at radius 1 is 0.762 bits per heavy atom. The van der Waals surface area contributed by atoms with Crippen LogP contribution in [-0.2, 0) is 4.79 Å². The van der Waals surface area contributed by atoms with Gasteiger partial charge in [-0.25, -0.2) is 35.5 Å². The van der Waals surface area contributed by atoms with E-state index in [4.69, 9.17) is 10.2 Å². The molecule has 6 unspecified atom stereocenters. The number of aliphatic hydroxyl groups excluding tert-OH is 1. The summed E-state index contributed by atoms with van der Waals surface area (Å²) in [6, 6.07) is 0. The molecule has 6 atom stereocenters.